The fourth-order valence-corrected chi connectivity index (χ4v) is 3.56. The summed E-state index contributed by atoms with van der Waals surface area (Å²) in [6.45, 7) is 4.45. The molecular weight excluding hydrogens is 382 g/mol. The van der Waals surface area contributed by atoms with E-state index >= 15 is 0 Å². The van der Waals surface area contributed by atoms with E-state index in [4.69, 9.17) is 0 Å². The van der Waals surface area contributed by atoms with Gasteiger partial charge in [-0.3, -0.25) is 14.4 Å². The molecule has 1 N–H and O–H groups in total. The van der Waals surface area contributed by atoms with Gasteiger partial charge in [0.1, 0.15) is 11.4 Å². The van der Waals surface area contributed by atoms with Gasteiger partial charge in [-0.15, -0.1) is 0 Å². The van der Waals surface area contributed by atoms with E-state index in [-0.39, 0.29) is 29.3 Å². The molecule has 30 heavy (non-hydrogen) atoms. The summed E-state index contributed by atoms with van der Waals surface area (Å²) in [5, 5.41) is 0.492. The smallest absolute Gasteiger partial charge is 0.263 e. The van der Waals surface area contributed by atoms with Crippen molar-refractivity contribution in [3.05, 3.63) is 74.2 Å². The Morgan fingerprint density at radius 1 is 1.17 bits per heavy atom. The number of nitrogens with zero attached hydrogens (tertiary/aromatic N) is 4. The molecule has 2 aromatic heterocycles. The number of hydrogen-bond donors (Lipinski definition) is 1. The van der Waals surface area contributed by atoms with E-state index in [1.165, 1.54) is 4.90 Å². The highest BCUT2D eigenvalue weighted by Crippen LogP contribution is 2.12. The fourth-order valence-electron chi connectivity index (χ4n) is 3.56. The molecule has 3 aromatic rings. The highest BCUT2D eigenvalue weighted by atomic mass is 16.2. The first kappa shape index (κ1) is 21.4. The van der Waals surface area contributed by atoms with Gasteiger partial charge in [-0.1, -0.05) is 12.1 Å². The number of aromatic amines is 1. The van der Waals surface area contributed by atoms with Gasteiger partial charge in [0.15, 0.2) is 0 Å². The maximum absolute atomic E-state index is 13.1. The minimum atomic E-state index is -0.403. The lowest BCUT2D eigenvalue weighted by Crippen LogP contribution is -2.38. The quantitative estimate of drug-likeness (QED) is 0.670. The summed E-state index contributed by atoms with van der Waals surface area (Å²) in [7, 11) is 5.47. The number of pyridine rings is 1. The van der Waals surface area contributed by atoms with Gasteiger partial charge in [0.05, 0.1) is 17.4 Å². The summed E-state index contributed by atoms with van der Waals surface area (Å²) >= 11 is 0. The van der Waals surface area contributed by atoms with Crippen molar-refractivity contribution in [3.8, 4) is 0 Å². The van der Waals surface area contributed by atoms with Crippen molar-refractivity contribution in [2.24, 2.45) is 0 Å². The van der Waals surface area contributed by atoms with Crippen LogP contribution in [0.1, 0.15) is 34.7 Å². The zero-order valence-electron chi connectivity index (χ0n) is 18.0. The standard InChI is InChI=1S/C22H27N5O3/c1-14-10-11-27(15(2)12-25(3)4)22(30)19(14)21(29)26(5)13-18-23-17-9-7-6-8-16(17)20(28)24-18/h6-11,15H,12-13H2,1-5H3,(H,23,24,28). The van der Waals surface area contributed by atoms with Crippen molar-refractivity contribution in [2.75, 3.05) is 27.7 Å². The Bertz CT molecular complexity index is 1200. The largest absolute Gasteiger partial charge is 0.334 e. The lowest BCUT2D eigenvalue weighted by Gasteiger charge is -2.22. The van der Waals surface area contributed by atoms with Crippen molar-refractivity contribution < 1.29 is 4.79 Å². The maximum Gasteiger partial charge on any atom is 0.263 e. The van der Waals surface area contributed by atoms with Crippen molar-refractivity contribution in [3.63, 3.8) is 0 Å². The first-order chi connectivity index (χ1) is 14.2. The molecule has 0 spiro atoms. The molecule has 158 valence electrons. The Morgan fingerprint density at radius 2 is 1.87 bits per heavy atom. The number of fused-ring (bicyclic) bond motifs is 1. The molecule has 0 aliphatic carbocycles. The van der Waals surface area contributed by atoms with E-state index < -0.39 is 5.91 Å². The number of aromatic nitrogens is 3. The topological polar surface area (TPSA) is 91.3 Å². The van der Waals surface area contributed by atoms with Crippen molar-refractivity contribution in [1.29, 1.82) is 0 Å². The van der Waals surface area contributed by atoms with Crippen molar-refractivity contribution in [2.45, 2.75) is 26.4 Å². The predicted octanol–water partition coefficient (Wildman–Crippen LogP) is 1.79. The van der Waals surface area contributed by atoms with E-state index in [0.717, 1.165) is 0 Å². The van der Waals surface area contributed by atoms with Gasteiger partial charge in [0, 0.05) is 25.8 Å². The van der Waals surface area contributed by atoms with Crippen LogP contribution in [0.5, 0.6) is 0 Å². The van der Waals surface area contributed by atoms with Crippen LogP contribution in [0.2, 0.25) is 0 Å². The van der Waals surface area contributed by atoms with Gasteiger partial charge in [-0.05, 0) is 51.7 Å². The number of carbonyl (C=O) groups is 1. The SMILES string of the molecule is Cc1ccn(C(C)CN(C)C)c(=O)c1C(=O)N(C)Cc1nc2ccccc2c(=O)[nH]1. The molecule has 0 radical (unpaired) electrons. The van der Waals surface area contributed by atoms with E-state index in [2.05, 4.69) is 9.97 Å². The Labute approximate surface area is 174 Å². The molecule has 1 aromatic carbocycles. The summed E-state index contributed by atoms with van der Waals surface area (Å²) < 4.78 is 1.59. The monoisotopic (exact) mass is 409 g/mol. The highest BCUT2D eigenvalue weighted by Gasteiger charge is 2.22. The number of benzene rings is 1. The normalized spacial score (nSPS) is 12.3. The molecule has 1 unspecified atom stereocenters. The second-order valence-corrected chi connectivity index (χ2v) is 7.89. The van der Waals surface area contributed by atoms with Gasteiger partial charge < -0.3 is 19.4 Å². The molecule has 8 nitrogen and oxygen atoms in total. The van der Waals surface area contributed by atoms with Crippen molar-refractivity contribution in [1.82, 2.24) is 24.3 Å². The van der Waals surface area contributed by atoms with Gasteiger partial charge in [0.25, 0.3) is 17.0 Å². The number of likely N-dealkylation sites (N-methyl/N-ethyl adjacent to an activating group) is 1. The number of nitrogens with one attached hydrogen (secondary N) is 1. The van der Waals surface area contributed by atoms with Crippen LogP contribution in [0.4, 0.5) is 0 Å². The molecule has 0 fully saturated rings. The summed E-state index contributed by atoms with van der Waals surface area (Å²) in [5.74, 6) is -0.0378. The number of H-pyrrole nitrogens is 1. The average Bonchev–Trinajstić information content (AvgIpc) is 2.67. The Kier molecular flexibility index (Phi) is 6.17. The van der Waals surface area contributed by atoms with Gasteiger partial charge in [-0.25, -0.2) is 4.98 Å². The molecule has 2 heterocycles. The molecule has 8 heteroatoms. The van der Waals surface area contributed by atoms with Crippen LogP contribution in [0.15, 0.2) is 46.1 Å². The van der Waals surface area contributed by atoms with Gasteiger partial charge in [0.2, 0.25) is 0 Å². The Balaban J connectivity index is 1.91. The third kappa shape index (κ3) is 4.33. The molecule has 1 amide bonds. The summed E-state index contributed by atoms with van der Waals surface area (Å²) in [6.07, 6.45) is 1.73. The fraction of sp³-hybridized carbons (Fsp3) is 0.364. The van der Waals surface area contributed by atoms with Crippen LogP contribution in [-0.4, -0.2) is 57.9 Å². The number of aryl methyl sites for hydroxylation is 1. The molecule has 1 atom stereocenters. The second-order valence-electron chi connectivity index (χ2n) is 7.89. The van der Waals surface area contributed by atoms with Crippen LogP contribution >= 0.6 is 0 Å². The molecule has 0 bridgehead atoms. The molecule has 3 rings (SSSR count). The number of amides is 1. The lowest BCUT2D eigenvalue weighted by atomic mass is 10.1. The summed E-state index contributed by atoms with van der Waals surface area (Å²) in [4.78, 5) is 49.0. The molecular formula is C22H27N5O3. The highest BCUT2D eigenvalue weighted by molar-refractivity contribution is 5.95. The first-order valence-electron chi connectivity index (χ1n) is 9.79. The van der Waals surface area contributed by atoms with E-state index in [9.17, 15) is 14.4 Å². The predicted molar refractivity (Wildman–Crippen MR) is 117 cm³/mol. The Morgan fingerprint density at radius 3 is 2.57 bits per heavy atom. The van der Waals surface area contributed by atoms with Crippen LogP contribution in [-0.2, 0) is 6.54 Å². The number of hydrogen-bond acceptors (Lipinski definition) is 5. The van der Waals surface area contributed by atoms with Crippen LogP contribution in [0.3, 0.4) is 0 Å². The zero-order valence-corrected chi connectivity index (χ0v) is 18.0. The van der Waals surface area contributed by atoms with E-state index in [1.807, 2.05) is 25.9 Å². The molecule has 0 saturated heterocycles. The summed E-state index contributed by atoms with van der Waals surface area (Å²) in [5.41, 5.74) is 0.736. The molecule has 0 saturated carbocycles. The minimum Gasteiger partial charge on any atom is -0.334 e. The minimum absolute atomic E-state index is 0.0801. The third-order valence-electron chi connectivity index (χ3n) is 5.04. The number of para-hydroxylation sites is 1. The molecule has 0 aliphatic rings. The zero-order chi connectivity index (χ0) is 22.0. The van der Waals surface area contributed by atoms with Crippen molar-refractivity contribution >= 4 is 16.8 Å². The van der Waals surface area contributed by atoms with Gasteiger partial charge in [-0.2, -0.15) is 0 Å². The van der Waals surface area contributed by atoms with Crippen LogP contribution < -0.4 is 11.1 Å². The molecule has 0 aliphatic heterocycles. The van der Waals surface area contributed by atoms with Crippen LogP contribution in [0.25, 0.3) is 10.9 Å². The average molecular weight is 409 g/mol. The first-order valence-corrected chi connectivity index (χ1v) is 9.79. The van der Waals surface area contributed by atoms with Gasteiger partial charge >= 0.3 is 0 Å². The maximum atomic E-state index is 13.1. The van der Waals surface area contributed by atoms with Crippen LogP contribution in [0, 0.1) is 6.92 Å². The number of rotatable bonds is 6. The third-order valence-corrected chi connectivity index (χ3v) is 5.04. The second kappa shape index (κ2) is 8.62. The van der Waals surface area contributed by atoms with E-state index in [1.54, 1.807) is 55.1 Å². The summed E-state index contributed by atoms with van der Waals surface area (Å²) in [6, 6.07) is 8.73. The lowest BCUT2D eigenvalue weighted by molar-refractivity contribution is 0.0778. The van der Waals surface area contributed by atoms with E-state index in [0.29, 0.717) is 28.8 Å². The Hall–Kier alpha value is -3.26. The number of carbonyl (C=O) groups excluding carboxylic acids is 1.